The first-order chi connectivity index (χ1) is 12.8. The van der Waals surface area contributed by atoms with Crippen molar-refractivity contribution >= 4 is 23.2 Å². The number of carboxylic acid groups (broad SMARTS) is 1. The number of halogens is 1. The van der Waals surface area contributed by atoms with Crippen LogP contribution in [0.2, 0.25) is 0 Å². The molecule has 0 aliphatic heterocycles. The van der Waals surface area contributed by atoms with Crippen molar-refractivity contribution in [2.24, 2.45) is 5.92 Å². The molecule has 1 aromatic heterocycles. The van der Waals surface area contributed by atoms with E-state index in [0.29, 0.717) is 27.9 Å². The predicted octanol–water partition coefficient (Wildman–Crippen LogP) is 3.74. The first kappa shape index (κ1) is 20.8. The van der Waals surface area contributed by atoms with Gasteiger partial charge in [-0.25, -0.2) is 9.37 Å². The highest BCUT2D eigenvalue weighted by atomic mass is 32.1. The lowest BCUT2D eigenvalue weighted by molar-refractivity contribution is -0.137. The van der Waals surface area contributed by atoms with Crippen molar-refractivity contribution in [3.05, 3.63) is 45.7 Å². The highest BCUT2D eigenvalue weighted by Crippen LogP contribution is 2.22. The van der Waals surface area contributed by atoms with Crippen LogP contribution in [0.15, 0.2) is 24.3 Å². The molecular formula is C19H23FN2O4S. The van der Waals surface area contributed by atoms with Gasteiger partial charge in [0.2, 0.25) is 0 Å². The number of aliphatic carboxylic acids is 1. The second-order valence-electron chi connectivity index (χ2n) is 6.55. The van der Waals surface area contributed by atoms with Crippen molar-refractivity contribution in [1.29, 1.82) is 0 Å². The largest absolute Gasteiger partial charge is 0.486 e. The number of aryl methyl sites for hydroxylation is 1. The fourth-order valence-electron chi connectivity index (χ4n) is 2.48. The number of amides is 1. The number of ether oxygens (including phenoxy) is 1. The monoisotopic (exact) mass is 394 g/mol. The summed E-state index contributed by atoms with van der Waals surface area (Å²) >= 11 is 1.23. The van der Waals surface area contributed by atoms with E-state index in [1.54, 1.807) is 11.8 Å². The van der Waals surface area contributed by atoms with Crippen molar-refractivity contribution in [2.75, 3.05) is 13.1 Å². The van der Waals surface area contributed by atoms with E-state index in [9.17, 15) is 14.0 Å². The van der Waals surface area contributed by atoms with Crippen LogP contribution in [0.1, 0.15) is 40.6 Å². The van der Waals surface area contributed by atoms with Crippen molar-refractivity contribution in [3.63, 3.8) is 0 Å². The van der Waals surface area contributed by atoms with Crippen LogP contribution in [0.25, 0.3) is 0 Å². The smallest absolute Gasteiger partial charge is 0.305 e. The fraction of sp³-hybridized carbons (Fsp3) is 0.421. The minimum atomic E-state index is -0.939. The zero-order valence-corrected chi connectivity index (χ0v) is 16.4. The lowest BCUT2D eigenvalue weighted by Gasteiger charge is -2.23. The maximum Gasteiger partial charge on any atom is 0.305 e. The Hall–Kier alpha value is -2.48. The Labute approximate surface area is 161 Å². The van der Waals surface area contributed by atoms with Crippen LogP contribution < -0.4 is 4.74 Å². The molecule has 6 nitrogen and oxygen atoms in total. The van der Waals surface area contributed by atoms with Gasteiger partial charge in [-0.2, -0.15) is 0 Å². The maximum absolute atomic E-state index is 12.9. The third-order valence-corrected chi connectivity index (χ3v) is 4.80. The second-order valence-corrected chi connectivity index (χ2v) is 7.64. The molecule has 1 aromatic carbocycles. The first-order valence-electron chi connectivity index (χ1n) is 8.62. The van der Waals surface area contributed by atoms with Crippen molar-refractivity contribution in [1.82, 2.24) is 9.88 Å². The zero-order valence-electron chi connectivity index (χ0n) is 15.6. The van der Waals surface area contributed by atoms with E-state index < -0.39 is 5.97 Å². The van der Waals surface area contributed by atoms with Crippen molar-refractivity contribution in [3.8, 4) is 5.75 Å². The van der Waals surface area contributed by atoms with Gasteiger partial charge in [0.15, 0.2) is 0 Å². The number of carboxylic acids is 1. The number of nitrogens with zero attached hydrogens (tertiary/aromatic N) is 2. The molecule has 8 heteroatoms. The van der Waals surface area contributed by atoms with Crippen LogP contribution in [0.5, 0.6) is 5.75 Å². The maximum atomic E-state index is 12.9. The van der Waals surface area contributed by atoms with Crippen LogP contribution in [0, 0.1) is 18.7 Å². The molecule has 0 saturated heterocycles. The molecule has 0 radical (unpaired) electrons. The standard InChI is InChI=1S/C19H23FN2O4S/c1-12(2)10-22(9-8-17(23)24)19(25)18-13(3)21-16(27-18)11-26-15-6-4-14(20)5-7-15/h4-7,12H,8-11H2,1-3H3,(H,23,24). The summed E-state index contributed by atoms with van der Waals surface area (Å²) in [6.45, 7) is 6.50. The number of carbonyl (C=O) groups is 2. The van der Waals surface area contributed by atoms with Gasteiger partial charge in [0, 0.05) is 13.1 Å². The molecule has 0 saturated carbocycles. The lowest BCUT2D eigenvalue weighted by Crippen LogP contribution is -2.35. The zero-order chi connectivity index (χ0) is 20.0. The summed E-state index contributed by atoms with van der Waals surface area (Å²) in [7, 11) is 0. The fourth-order valence-corrected chi connectivity index (χ4v) is 3.42. The highest BCUT2D eigenvalue weighted by molar-refractivity contribution is 7.13. The summed E-state index contributed by atoms with van der Waals surface area (Å²) in [6.07, 6.45) is -0.100. The Morgan fingerprint density at radius 3 is 2.56 bits per heavy atom. The van der Waals surface area contributed by atoms with Crippen LogP contribution in [0.4, 0.5) is 4.39 Å². The van der Waals surface area contributed by atoms with E-state index in [2.05, 4.69) is 4.98 Å². The Kier molecular flexibility index (Phi) is 7.29. The molecule has 0 atom stereocenters. The summed E-state index contributed by atoms with van der Waals surface area (Å²) < 4.78 is 18.5. The van der Waals surface area contributed by atoms with Gasteiger partial charge in [0.05, 0.1) is 12.1 Å². The van der Waals surface area contributed by atoms with Gasteiger partial charge >= 0.3 is 5.97 Å². The van der Waals surface area contributed by atoms with Crippen LogP contribution in [-0.2, 0) is 11.4 Å². The molecule has 0 aliphatic carbocycles. The summed E-state index contributed by atoms with van der Waals surface area (Å²) in [4.78, 5) is 30.2. The molecule has 1 heterocycles. The minimum Gasteiger partial charge on any atom is -0.486 e. The quantitative estimate of drug-likeness (QED) is 0.701. The van der Waals surface area contributed by atoms with E-state index in [-0.39, 0.29) is 37.2 Å². The van der Waals surface area contributed by atoms with Gasteiger partial charge < -0.3 is 14.7 Å². The number of benzene rings is 1. The number of hydrogen-bond acceptors (Lipinski definition) is 5. The Morgan fingerprint density at radius 2 is 1.96 bits per heavy atom. The predicted molar refractivity (Wildman–Crippen MR) is 101 cm³/mol. The summed E-state index contributed by atoms with van der Waals surface area (Å²) in [6, 6.07) is 5.67. The van der Waals surface area contributed by atoms with Crippen LogP contribution in [0.3, 0.4) is 0 Å². The normalized spacial score (nSPS) is 10.9. The molecule has 1 N–H and O–H groups in total. The molecule has 146 valence electrons. The van der Waals surface area contributed by atoms with Crippen molar-refractivity contribution < 1.29 is 23.8 Å². The Morgan fingerprint density at radius 1 is 1.30 bits per heavy atom. The van der Waals surface area contributed by atoms with E-state index in [0.717, 1.165) is 0 Å². The van der Waals surface area contributed by atoms with Gasteiger partial charge in [0.1, 0.15) is 28.1 Å². The number of thiazole rings is 1. The lowest BCUT2D eigenvalue weighted by atomic mass is 10.2. The molecule has 2 rings (SSSR count). The summed E-state index contributed by atoms with van der Waals surface area (Å²) in [5, 5.41) is 9.54. The number of carbonyl (C=O) groups excluding carboxylic acids is 1. The average Bonchev–Trinajstić information content (AvgIpc) is 2.98. The molecule has 0 fully saturated rings. The Bertz CT molecular complexity index is 790. The molecule has 27 heavy (non-hydrogen) atoms. The summed E-state index contributed by atoms with van der Waals surface area (Å²) in [5.41, 5.74) is 0.590. The van der Waals surface area contributed by atoms with E-state index >= 15 is 0 Å². The number of rotatable bonds is 9. The SMILES string of the molecule is Cc1nc(COc2ccc(F)cc2)sc1C(=O)N(CCC(=O)O)CC(C)C. The molecule has 0 bridgehead atoms. The topological polar surface area (TPSA) is 79.7 Å². The van der Waals surface area contributed by atoms with Crippen LogP contribution in [-0.4, -0.2) is 40.0 Å². The molecule has 0 aliphatic rings. The minimum absolute atomic E-state index is 0.100. The van der Waals surface area contributed by atoms with E-state index in [1.165, 1.54) is 35.6 Å². The second kappa shape index (κ2) is 9.45. The third kappa shape index (κ3) is 6.32. The molecule has 0 unspecified atom stereocenters. The van der Waals surface area contributed by atoms with Gasteiger partial charge in [-0.1, -0.05) is 13.8 Å². The third-order valence-electron chi connectivity index (χ3n) is 3.68. The van der Waals surface area contributed by atoms with E-state index in [1.807, 2.05) is 13.8 Å². The van der Waals surface area contributed by atoms with E-state index in [4.69, 9.17) is 9.84 Å². The number of aromatic nitrogens is 1. The van der Waals surface area contributed by atoms with Gasteiger partial charge in [-0.15, -0.1) is 11.3 Å². The summed E-state index contributed by atoms with van der Waals surface area (Å²) in [5.74, 6) is -0.761. The van der Waals surface area contributed by atoms with Crippen molar-refractivity contribution in [2.45, 2.75) is 33.8 Å². The number of hydrogen-bond donors (Lipinski definition) is 1. The molecular weight excluding hydrogens is 371 g/mol. The Balaban J connectivity index is 2.08. The first-order valence-corrected chi connectivity index (χ1v) is 9.43. The average molecular weight is 394 g/mol. The molecule has 2 aromatic rings. The molecule has 1 amide bonds. The van der Waals surface area contributed by atoms with Crippen LogP contribution >= 0.6 is 11.3 Å². The van der Waals surface area contributed by atoms with Gasteiger partial charge in [-0.3, -0.25) is 9.59 Å². The highest BCUT2D eigenvalue weighted by Gasteiger charge is 2.23. The molecule has 0 spiro atoms. The van der Waals surface area contributed by atoms with Gasteiger partial charge in [0.25, 0.3) is 5.91 Å². The van der Waals surface area contributed by atoms with Gasteiger partial charge in [-0.05, 0) is 37.1 Å².